The normalized spacial score (nSPS) is 10.5. The molecule has 2 aromatic heterocycles. The van der Waals surface area contributed by atoms with Crippen LogP contribution in [0.1, 0.15) is 5.69 Å². The predicted octanol–water partition coefficient (Wildman–Crippen LogP) is 5.06. The molecule has 0 radical (unpaired) electrons. The van der Waals surface area contributed by atoms with Gasteiger partial charge >= 0.3 is 0 Å². The van der Waals surface area contributed by atoms with Crippen molar-refractivity contribution >= 4 is 27.5 Å². The molecule has 110 valence electrons. The van der Waals surface area contributed by atoms with Crippen LogP contribution in [0.2, 0.25) is 5.02 Å². The maximum Gasteiger partial charge on any atom is 0.219 e. The second-order valence-corrected chi connectivity index (χ2v) is 5.88. The lowest BCUT2D eigenvalue weighted by molar-refractivity contribution is 0.463. The average molecular weight is 377 g/mol. The Morgan fingerprint density at radius 3 is 2.73 bits per heavy atom. The van der Waals surface area contributed by atoms with Gasteiger partial charge in [0.1, 0.15) is 11.4 Å². The van der Waals surface area contributed by atoms with E-state index >= 15 is 0 Å². The van der Waals surface area contributed by atoms with Crippen molar-refractivity contribution in [2.24, 2.45) is 0 Å². The molecular formula is C16H11BrClN3O. The lowest BCUT2D eigenvalue weighted by Gasteiger charge is -2.08. The fourth-order valence-electron chi connectivity index (χ4n) is 1.84. The summed E-state index contributed by atoms with van der Waals surface area (Å²) in [5.74, 6) is 1.54. The van der Waals surface area contributed by atoms with Crippen LogP contribution in [0.3, 0.4) is 0 Å². The maximum atomic E-state index is 6.15. The number of hydrogen-bond donors (Lipinski definition) is 0. The summed E-state index contributed by atoms with van der Waals surface area (Å²) < 4.78 is 6.63. The van der Waals surface area contributed by atoms with Crippen molar-refractivity contribution < 1.29 is 4.74 Å². The first-order valence-corrected chi connectivity index (χ1v) is 7.69. The van der Waals surface area contributed by atoms with Crippen LogP contribution in [-0.4, -0.2) is 15.0 Å². The Hall–Kier alpha value is -1.98. The lowest BCUT2D eigenvalue weighted by Crippen LogP contribution is -1.95. The number of hydrogen-bond acceptors (Lipinski definition) is 4. The number of aryl methyl sites for hydroxylation is 1. The summed E-state index contributed by atoms with van der Waals surface area (Å²) in [7, 11) is 0. The molecule has 0 aliphatic carbocycles. The van der Waals surface area contributed by atoms with Crippen LogP contribution in [0.5, 0.6) is 11.6 Å². The molecule has 0 N–H and O–H groups in total. The molecule has 0 unspecified atom stereocenters. The van der Waals surface area contributed by atoms with Crippen LogP contribution in [-0.2, 0) is 0 Å². The van der Waals surface area contributed by atoms with Gasteiger partial charge < -0.3 is 4.74 Å². The van der Waals surface area contributed by atoms with E-state index in [1.807, 2.05) is 31.2 Å². The SMILES string of the molecule is Cc1ccnc(-c2cccc(Oc3ccc(Br)cc3Cl)n2)n1. The summed E-state index contributed by atoms with van der Waals surface area (Å²) in [5, 5.41) is 0.508. The average Bonchev–Trinajstić information content (AvgIpc) is 2.50. The molecule has 0 fully saturated rings. The largest absolute Gasteiger partial charge is 0.437 e. The van der Waals surface area contributed by atoms with Crippen molar-refractivity contribution in [1.82, 2.24) is 15.0 Å². The molecule has 6 heteroatoms. The minimum Gasteiger partial charge on any atom is -0.437 e. The Morgan fingerprint density at radius 1 is 1.09 bits per heavy atom. The first-order valence-electron chi connectivity index (χ1n) is 6.52. The number of benzene rings is 1. The third kappa shape index (κ3) is 3.43. The summed E-state index contributed by atoms with van der Waals surface area (Å²) in [6, 6.07) is 12.7. The Morgan fingerprint density at radius 2 is 1.95 bits per heavy atom. The molecule has 3 aromatic rings. The van der Waals surface area contributed by atoms with Crippen LogP contribution in [0.4, 0.5) is 0 Å². The molecule has 0 aliphatic heterocycles. The van der Waals surface area contributed by atoms with Crippen molar-refractivity contribution in [2.75, 3.05) is 0 Å². The van der Waals surface area contributed by atoms with E-state index in [0.29, 0.717) is 28.2 Å². The minimum absolute atomic E-state index is 0.437. The van der Waals surface area contributed by atoms with Gasteiger partial charge in [-0.25, -0.2) is 15.0 Å². The van der Waals surface area contributed by atoms with E-state index in [4.69, 9.17) is 16.3 Å². The van der Waals surface area contributed by atoms with Gasteiger partial charge in [-0.3, -0.25) is 0 Å². The van der Waals surface area contributed by atoms with Crippen LogP contribution >= 0.6 is 27.5 Å². The highest BCUT2D eigenvalue weighted by Crippen LogP contribution is 2.31. The fourth-order valence-corrected chi connectivity index (χ4v) is 2.55. The van der Waals surface area contributed by atoms with E-state index in [0.717, 1.165) is 10.2 Å². The number of aromatic nitrogens is 3. The smallest absolute Gasteiger partial charge is 0.219 e. The van der Waals surface area contributed by atoms with Crippen molar-refractivity contribution in [3.63, 3.8) is 0 Å². The third-order valence-electron chi connectivity index (χ3n) is 2.86. The van der Waals surface area contributed by atoms with Gasteiger partial charge in [-0.1, -0.05) is 33.6 Å². The molecule has 0 aliphatic rings. The van der Waals surface area contributed by atoms with Crippen LogP contribution < -0.4 is 4.74 Å². The first-order chi connectivity index (χ1) is 10.6. The molecule has 1 aromatic carbocycles. The standard InChI is InChI=1S/C16H11BrClN3O/c1-10-7-8-19-16(20-10)13-3-2-4-15(21-13)22-14-6-5-11(17)9-12(14)18/h2-9H,1H3. The Balaban J connectivity index is 1.91. The second kappa shape index (κ2) is 6.42. The second-order valence-electron chi connectivity index (χ2n) is 4.56. The molecule has 22 heavy (non-hydrogen) atoms. The number of rotatable bonds is 3. The Kier molecular flexibility index (Phi) is 4.36. The van der Waals surface area contributed by atoms with Gasteiger partial charge in [0, 0.05) is 22.4 Å². The lowest BCUT2D eigenvalue weighted by atomic mass is 10.3. The maximum absolute atomic E-state index is 6.15. The predicted molar refractivity (Wildman–Crippen MR) is 89.2 cm³/mol. The molecule has 3 rings (SSSR count). The molecule has 4 nitrogen and oxygen atoms in total. The van der Waals surface area contributed by atoms with E-state index in [9.17, 15) is 0 Å². The molecule has 0 bridgehead atoms. The van der Waals surface area contributed by atoms with Crippen LogP contribution in [0.25, 0.3) is 11.5 Å². The molecule has 2 heterocycles. The van der Waals surface area contributed by atoms with E-state index in [2.05, 4.69) is 30.9 Å². The van der Waals surface area contributed by atoms with Gasteiger partial charge in [0.2, 0.25) is 5.88 Å². The summed E-state index contributed by atoms with van der Waals surface area (Å²) in [4.78, 5) is 13.0. The highest BCUT2D eigenvalue weighted by Gasteiger charge is 2.08. The van der Waals surface area contributed by atoms with Crippen LogP contribution in [0, 0.1) is 6.92 Å². The zero-order chi connectivity index (χ0) is 15.5. The number of ether oxygens (including phenoxy) is 1. The molecule has 0 atom stereocenters. The summed E-state index contributed by atoms with van der Waals surface area (Å²) >= 11 is 9.51. The van der Waals surface area contributed by atoms with Crippen molar-refractivity contribution in [1.29, 1.82) is 0 Å². The van der Waals surface area contributed by atoms with E-state index in [1.165, 1.54) is 0 Å². The van der Waals surface area contributed by atoms with Crippen molar-refractivity contribution in [3.8, 4) is 23.1 Å². The first kappa shape index (κ1) is 14.9. The van der Waals surface area contributed by atoms with Gasteiger partial charge in [0.05, 0.1) is 5.02 Å². The van der Waals surface area contributed by atoms with Gasteiger partial charge in [-0.15, -0.1) is 0 Å². The quantitative estimate of drug-likeness (QED) is 0.641. The molecule has 0 spiro atoms. The third-order valence-corrected chi connectivity index (χ3v) is 3.64. The number of pyridine rings is 1. The van der Waals surface area contributed by atoms with E-state index < -0.39 is 0 Å². The summed E-state index contributed by atoms with van der Waals surface area (Å²) in [6.45, 7) is 1.91. The number of halogens is 2. The Labute approximate surface area is 141 Å². The molecular weight excluding hydrogens is 366 g/mol. The highest BCUT2D eigenvalue weighted by atomic mass is 79.9. The topological polar surface area (TPSA) is 47.9 Å². The van der Waals surface area contributed by atoms with Gasteiger partial charge in [-0.2, -0.15) is 0 Å². The molecule has 0 amide bonds. The van der Waals surface area contributed by atoms with E-state index in [1.54, 1.807) is 24.4 Å². The molecule has 0 saturated carbocycles. The van der Waals surface area contributed by atoms with Crippen molar-refractivity contribution in [2.45, 2.75) is 6.92 Å². The van der Waals surface area contributed by atoms with E-state index in [-0.39, 0.29) is 0 Å². The monoisotopic (exact) mass is 375 g/mol. The van der Waals surface area contributed by atoms with Gasteiger partial charge in [-0.05, 0) is 37.3 Å². The zero-order valence-electron chi connectivity index (χ0n) is 11.6. The van der Waals surface area contributed by atoms with Crippen molar-refractivity contribution in [3.05, 3.63) is 63.9 Å². The fraction of sp³-hybridized carbons (Fsp3) is 0.0625. The van der Waals surface area contributed by atoms with Gasteiger partial charge in [0.15, 0.2) is 5.82 Å². The zero-order valence-corrected chi connectivity index (χ0v) is 14.0. The Bertz CT molecular complexity index is 826. The number of nitrogens with zero attached hydrogens (tertiary/aromatic N) is 3. The summed E-state index contributed by atoms with van der Waals surface area (Å²) in [5.41, 5.74) is 1.53. The molecule has 0 saturated heterocycles. The van der Waals surface area contributed by atoms with Crippen LogP contribution in [0.15, 0.2) is 53.1 Å². The highest BCUT2D eigenvalue weighted by molar-refractivity contribution is 9.10. The van der Waals surface area contributed by atoms with Gasteiger partial charge in [0.25, 0.3) is 0 Å². The summed E-state index contributed by atoms with van der Waals surface area (Å²) in [6.07, 6.45) is 1.71. The minimum atomic E-state index is 0.437.